The van der Waals surface area contributed by atoms with Gasteiger partial charge in [0, 0.05) is 12.3 Å². The molecule has 9 atom stereocenters. The predicted molar refractivity (Wildman–Crippen MR) is 119 cm³/mol. The van der Waals surface area contributed by atoms with Gasteiger partial charge in [-0.15, -0.1) is 0 Å². The molecule has 0 radical (unpaired) electrons. The molecule has 0 spiro atoms. The maximum Gasteiger partial charge on any atom is 0.137 e. The number of hydrogen-bond acceptors (Lipinski definition) is 2. The van der Waals surface area contributed by atoms with Crippen molar-refractivity contribution < 1.29 is 9.90 Å². The number of carbonyl (C=O) groups excluding carboxylic acids is 1. The highest BCUT2D eigenvalue weighted by molar-refractivity contribution is 5.84. The number of Topliss-reactive ketones (excluding diaryl/α,β-unsaturated/α-hetero) is 1. The lowest BCUT2D eigenvalue weighted by molar-refractivity contribution is -0.162. The zero-order valence-corrected chi connectivity index (χ0v) is 19.8. The maximum atomic E-state index is 13.7. The van der Waals surface area contributed by atoms with Gasteiger partial charge in [-0.05, 0) is 91.3 Å². The summed E-state index contributed by atoms with van der Waals surface area (Å²) < 4.78 is 0. The van der Waals surface area contributed by atoms with E-state index in [0.29, 0.717) is 17.6 Å². The van der Waals surface area contributed by atoms with Crippen molar-refractivity contribution in [2.24, 2.45) is 52.3 Å². The van der Waals surface area contributed by atoms with E-state index in [1.165, 1.54) is 44.9 Å². The van der Waals surface area contributed by atoms with Crippen LogP contribution in [0.15, 0.2) is 0 Å². The van der Waals surface area contributed by atoms with E-state index in [9.17, 15) is 9.90 Å². The quantitative estimate of drug-likeness (QED) is 0.559. The van der Waals surface area contributed by atoms with Gasteiger partial charge in [0.1, 0.15) is 5.78 Å². The Kier molecular flexibility index (Phi) is 5.99. The molecule has 4 aliphatic rings. The van der Waals surface area contributed by atoms with Crippen LogP contribution in [0.2, 0.25) is 0 Å². The minimum absolute atomic E-state index is 0.129. The number of aliphatic hydroxyl groups is 1. The smallest absolute Gasteiger partial charge is 0.137 e. The number of fused-ring (bicyclic) bond motifs is 5. The summed E-state index contributed by atoms with van der Waals surface area (Å²) in [5.41, 5.74) is 0.397. The largest absolute Gasteiger partial charge is 0.393 e. The summed E-state index contributed by atoms with van der Waals surface area (Å²) in [5, 5.41) is 10.2. The first-order valence-corrected chi connectivity index (χ1v) is 12.9. The molecule has 2 heteroatoms. The van der Waals surface area contributed by atoms with Gasteiger partial charge in [-0.2, -0.15) is 0 Å². The Morgan fingerprint density at radius 3 is 2.48 bits per heavy atom. The molecular formula is C27H46O2. The average Bonchev–Trinajstić information content (AvgIpc) is 2.98. The molecule has 0 aromatic carbocycles. The molecule has 0 heterocycles. The molecule has 29 heavy (non-hydrogen) atoms. The van der Waals surface area contributed by atoms with Gasteiger partial charge in [0.15, 0.2) is 0 Å². The van der Waals surface area contributed by atoms with Crippen LogP contribution in [0.25, 0.3) is 0 Å². The Morgan fingerprint density at radius 1 is 1.00 bits per heavy atom. The Balaban J connectivity index is 1.52. The Hall–Kier alpha value is -0.370. The van der Waals surface area contributed by atoms with Crippen molar-refractivity contribution in [3.05, 3.63) is 0 Å². The fraction of sp³-hybridized carbons (Fsp3) is 0.963. The van der Waals surface area contributed by atoms with Gasteiger partial charge in [0.2, 0.25) is 0 Å². The molecule has 4 rings (SSSR count). The van der Waals surface area contributed by atoms with Crippen molar-refractivity contribution in [2.75, 3.05) is 0 Å². The lowest BCUT2D eigenvalue weighted by atomic mass is 9.44. The van der Waals surface area contributed by atoms with Crippen molar-refractivity contribution in [2.45, 2.75) is 111 Å². The van der Waals surface area contributed by atoms with Crippen LogP contribution in [0, 0.1) is 52.3 Å². The third kappa shape index (κ3) is 3.64. The van der Waals surface area contributed by atoms with Crippen molar-refractivity contribution in [3.63, 3.8) is 0 Å². The number of rotatable bonds is 5. The summed E-state index contributed by atoms with van der Waals surface area (Å²) in [6.45, 7) is 12.1. The predicted octanol–water partition coefficient (Wildman–Crippen LogP) is 6.65. The molecule has 0 unspecified atom stereocenters. The molecule has 4 aliphatic carbocycles. The van der Waals surface area contributed by atoms with E-state index in [-0.39, 0.29) is 22.9 Å². The molecule has 0 aliphatic heterocycles. The highest BCUT2D eigenvalue weighted by Gasteiger charge is 2.63. The van der Waals surface area contributed by atoms with Gasteiger partial charge < -0.3 is 5.11 Å². The molecule has 0 amide bonds. The molecule has 0 aromatic rings. The second-order valence-electron chi connectivity index (χ2n) is 12.6. The average molecular weight is 403 g/mol. The minimum atomic E-state index is -0.129. The van der Waals surface area contributed by atoms with E-state index in [1.54, 1.807) is 0 Å². The van der Waals surface area contributed by atoms with Crippen LogP contribution in [0.1, 0.15) is 105 Å². The van der Waals surface area contributed by atoms with Crippen LogP contribution in [0.4, 0.5) is 0 Å². The fourth-order valence-electron chi connectivity index (χ4n) is 9.07. The van der Waals surface area contributed by atoms with E-state index in [0.717, 1.165) is 49.4 Å². The monoisotopic (exact) mass is 402 g/mol. The second kappa shape index (κ2) is 7.95. The molecule has 4 fully saturated rings. The number of ketones is 1. The van der Waals surface area contributed by atoms with Crippen LogP contribution < -0.4 is 0 Å². The summed E-state index contributed by atoms with van der Waals surface area (Å²) in [6, 6.07) is 0. The van der Waals surface area contributed by atoms with Gasteiger partial charge in [-0.3, -0.25) is 4.79 Å². The van der Waals surface area contributed by atoms with Crippen LogP contribution in [0.5, 0.6) is 0 Å². The van der Waals surface area contributed by atoms with E-state index >= 15 is 0 Å². The highest BCUT2D eigenvalue weighted by atomic mass is 16.3. The number of aliphatic hydroxyl groups excluding tert-OH is 1. The zero-order chi connectivity index (χ0) is 21.0. The Labute approximate surface area is 179 Å². The van der Waals surface area contributed by atoms with Gasteiger partial charge in [-0.1, -0.05) is 53.9 Å². The normalized spacial score (nSPS) is 48.2. The standard InChI is InChI=1S/C27H46O2/c1-17(2)7-6-8-18(3)22-11-12-23-21-10-9-19-15-20(28)13-14-26(19,4)25(21)24(29)16-27(22,23)5/h17-23,25,28H,6-16H2,1-5H3/t18-,19+,20+,21-,22-,23-,25+,26+,27-/m1/s1. The lowest BCUT2D eigenvalue weighted by Gasteiger charge is -2.60. The van der Waals surface area contributed by atoms with E-state index in [1.807, 2.05) is 0 Å². The minimum Gasteiger partial charge on any atom is -0.393 e. The first-order valence-electron chi connectivity index (χ1n) is 12.9. The van der Waals surface area contributed by atoms with Crippen LogP contribution in [-0.2, 0) is 4.79 Å². The first-order chi connectivity index (χ1) is 13.7. The van der Waals surface area contributed by atoms with E-state index in [2.05, 4.69) is 34.6 Å². The Morgan fingerprint density at radius 2 is 1.76 bits per heavy atom. The number of hydrogen-bond donors (Lipinski definition) is 1. The summed E-state index contributed by atoms with van der Waals surface area (Å²) >= 11 is 0. The summed E-state index contributed by atoms with van der Waals surface area (Å²) in [5.74, 6) is 5.11. The van der Waals surface area contributed by atoms with Crippen LogP contribution in [0.3, 0.4) is 0 Å². The zero-order valence-electron chi connectivity index (χ0n) is 19.8. The van der Waals surface area contributed by atoms with Crippen molar-refractivity contribution >= 4 is 5.78 Å². The SMILES string of the molecule is CC(C)CCC[C@@H](C)[C@H]1CC[C@@H]2[C@H]3CC[C@H]4C[C@@H](O)CC[C@]4(C)[C@@H]3C(=O)C[C@@]21C. The molecule has 166 valence electrons. The maximum absolute atomic E-state index is 13.7. The van der Waals surface area contributed by atoms with Crippen molar-refractivity contribution in [3.8, 4) is 0 Å². The molecule has 0 aromatic heterocycles. The van der Waals surface area contributed by atoms with Crippen LogP contribution in [-0.4, -0.2) is 17.0 Å². The number of carbonyl (C=O) groups is 1. The second-order valence-corrected chi connectivity index (χ2v) is 12.6. The fourth-order valence-corrected chi connectivity index (χ4v) is 9.07. The van der Waals surface area contributed by atoms with Gasteiger partial charge in [0.25, 0.3) is 0 Å². The van der Waals surface area contributed by atoms with Gasteiger partial charge in [0.05, 0.1) is 6.10 Å². The molecular weight excluding hydrogens is 356 g/mol. The van der Waals surface area contributed by atoms with E-state index in [4.69, 9.17) is 0 Å². The van der Waals surface area contributed by atoms with E-state index < -0.39 is 0 Å². The van der Waals surface area contributed by atoms with Crippen molar-refractivity contribution in [1.29, 1.82) is 0 Å². The first kappa shape index (κ1) is 21.8. The lowest BCUT2D eigenvalue weighted by Crippen LogP contribution is -2.57. The summed E-state index contributed by atoms with van der Waals surface area (Å²) in [6.07, 6.45) is 12.8. The van der Waals surface area contributed by atoms with Crippen molar-refractivity contribution in [1.82, 2.24) is 0 Å². The molecule has 0 saturated heterocycles. The van der Waals surface area contributed by atoms with Crippen LogP contribution >= 0.6 is 0 Å². The molecule has 1 N–H and O–H groups in total. The molecule has 0 bridgehead atoms. The summed E-state index contributed by atoms with van der Waals surface area (Å²) in [4.78, 5) is 13.7. The summed E-state index contributed by atoms with van der Waals surface area (Å²) in [7, 11) is 0. The van der Waals surface area contributed by atoms with Gasteiger partial charge >= 0.3 is 0 Å². The Bertz CT molecular complexity index is 612. The molecule has 2 nitrogen and oxygen atoms in total. The highest BCUT2D eigenvalue weighted by Crippen LogP contribution is 2.67. The molecule has 4 saturated carbocycles. The third-order valence-corrected chi connectivity index (χ3v) is 10.5. The topological polar surface area (TPSA) is 37.3 Å². The third-order valence-electron chi connectivity index (χ3n) is 10.5. The van der Waals surface area contributed by atoms with Gasteiger partial charge in [-0.25, -0.2) is 0 Å².